The van der Waals surface area contributed by atoms with Crippen LogP contribution >= 0.6 is 11.6 Å². The van der Waals surface area contributed by atoms with Crippen molar-refractivity contribution < 1.29 is 40.7 Å². The van der Waals surface area contributed by atoms with Crippen LogP contribution in [-0.2, 0) is 25.2 Å². The lowest BCUT2D eigenvalue weighted by atomic mass is 9.91. The monoisotopic (exact) mass is 806 g/mol. The molecule has 0 unspecified atom stereocenters. The van der Waals surface area contributed by atoms with E-state index in [2.05, 4.69) is 47.5 Å². The number of sulfonamides is 1. The molecule has 1 aromatic heterocycles. The molecule has 0 aliphatic heterocycles. The summed E-state index contributed by atoms with van der Waals surface area (Å²) in [5, 5.41) is 12.0. The van der Waals surface area contributed by atoms with Crippen LogP contribution in [0, 0.1) is 11.3 Å². The summed E-state index contributed by atoms with van der Waals surface area (Å²) in [6.07, 6.45) is -1.58. The molecule has 2 atom stereocenters. The Bertz CT molecular complexity index is 2070. The van der Waals surface area contributed by atoms with E-state index in [0.29, 0.717) is 23.6 Å². The number of anilines is 3. The molecule has 2 aliphatic carbocycles. The van der Waals surface area contributed by atoms with E-state index in [4.69, 9.17) is 16.3 Å². The van der Waals surface area contributed by atoms with Crippen LogP contribution in [0.15, 0.2) is 61.2 Å². The van der Waals surface area contributed by atoms with E-state index in [1.54, 1.807) is 26.0 Å². The number of ether oxygens (including phenoxy) is 1. The summed E-state index contributed by atoms with van der Waals surface area (Å²) in [6, 6.07) is 12.6. The molecule has 2 aromatic carbocycles. The first-order chi connectivity index (χ1) is 25.5. The number of rotatable bonds is 15. The van der Waals surface area contributed by atoms with Gasteiger partial charge in [-0.25, -0.2) is 8.42 Å². The smallest absolute Gasteiger partial charge is 0.422 e. The van der Waals surface area contributed by atoms with E-state index in [1.807, 2.05) is 12.1 Å². The second kappa shape index (κ2) is 14.9. The number of nitrogens with zero attached hydrogens (tertiary/aromatic N) is 3. The van der Waals surface area contributed by atoms with Gasteiger partial charge in [0.05, 0.1) is 15.7 Å². The molecule has 2 saturated carbocycles. The van der Waals surface area contributed by atoms with Gasteiger partial charge in [-0.15, -0.1) is 6.58 Å². The Kier molecular flexibility index (Phi) is 11.2. The quantitative estimate of drug-likeness (QED) is 0.124. The molecule has 2 aliphatic rings. The van der Waals surface area contributed by atoms with Crippen molar-refractivity contribution in [2.75, 3.05) is 23.8 Å². The molecule has 296 valence electrons. The number of halogens is 4. The third kappa shape index (κ3) is 9.83. The van der Waals surface area contributed by atoms with Gasteiger partial charge < -0.3 is 26.0 Å². The van der Waals surface area contributed by atoms with Crippen LogP contribution in [0.2, 0.25) is 5.02 Å². The molecule has 0 spiro atoms. The third-order valence-corrected chi connectivity index (χ3v) is 11.6. The van der Waals surface area contributed by atoms with Crippen molar-refractivity contribution in [1.82, 2.24) is 30.3 Å². The summed E-state index contributed by atoms with van der Waals surface area (Å²) >= 11 is 6.03. The lowest BCUT2D eigenvalue weighted by Gasteiger charge is -2.28. The Balaban J connectivity index is 1.23. The number of alkyl halides is 3. The average molecular weight is 807 g/mol. The highest BCUT2D eigenvalue weighted by Crippen LogP contribution is 2.48. The van der Waals surface area contributed by atoms with Crippen molar-refractivity contribution >= 4 is 56.9 Å². The molecule has 0 bridgehead atoms. The number of hydrogen-bond acceptors (Lipinski definition) is 11. The van der Waals surface area contributed by atoms with Gasteiger partial charge in [0.1, 0.15) is 5.54 Å². The maximum atomic E-state index is 13.4. The molecule has 19 heteroatoms. The van der Waals surface area contributed by atoms with Gasteiger partial charge in [0.2, 0.25) is 27.8 Å². The van der Waals surface area contributed by atoms with Gasteiger partial charge in [-0.05, 0) is 95.8 Å². The van der Waals surface area contributed by atoms with Crippen LogP contribution in [0.5, 0.6) is 6.01 Å². The van der Waals surface area contributed by atoms with Crippen molar-refractivity contribution in [3.05, 3.63) is 77.3 Å². The zero-order chi connectivity index (χ0) is 40.6. The van der Waals surface area contributed by atoms with Crippen LogP contribution < -0.4 is 30.7 Å². The van der Waals surface area contributed by atoms with E-state index < -0.39 is 73.7 Å². The van der Waals surface area contributed by atoms with E-state index in [-0.39, 0.29) is 30.4 Å². The molecule has 3 aromatic rings. The first-order valence-electron chi connectivity index (χ1n) is 17.1. The minimum Gasteiger partial charge on any atom is -0.454 e. The van der Waals surface area contributed by atoms with Gasteiger partial charge >= 0.3 is 12.2 Å². The molecule has 55 heavy (non-hydrogen) atoms. The van der Waals surface area contributed by atoms with Crippen LogP contribution in [0.25, 0.3) is 0 Å². The Labute approximate surface area is 321 Å². The molecule has 3 amide bonds. The molecule has 0 radical (unpaired) electrons. The van der Waals surface area contributed by atoms with Crippen molar-refractivity contribution in [1.29, 1.82) is 0 Å². The number of hydrogen-bond donors (Lipinski definition) is 5. The zero-order valence-electron chi connectivity index (χ0n) is 30.7. The number of aromatic nitrogens is 3. The summed E-state index contributed by atoms with van der Waals surface area (Å²) < 4.78 is 69.8. The fourth-order valence-corrected chi connectivity index (χ4v) is 6.22. The second-order valence-corrected chi connectivity index (χ2v) is 18.0. The van der Waals surface area contributed by atoms with Crippen molar-refractivity contribution in [3.63, 3.8) is 0 Å². The molecular weight excluding hydrogens is 765 g/mol. The van der Waals surface area contributed by atoms with Crippen LogP contribution in [-0.4, -0.2) is 70.7 Å². The molecule has 5 rings (SSSR count). The van der Waals surface area contributed by atoms with Gasteiger partial charge in [-0.3, -0.25) is 19.1 Å². The summed E-state index contributed by atoms with van der Waals surface area (Å²) in [4.78, 5) is 52.0. The maximum absolute atomic E-state index is 13.4. The van der Waals surface area contributed by atoms with Crippen LogP contribution in [0.1, 0.15) is 69.8 Å². The topological polar surface area (TPSA) is 193 Å². The number of nitrogens with one attached hydrogen (secondary N) is 5. The SMILES string of the molecule is C=C[C@@H]1C[C@]1(NC(=O)C(C)(C)CNC(=O)c1ccc(Nc2nc(NC3(c4ccc(Cl)cc4)CC3)nc(OCC(F)(F)F)n2)cc1)C(=O)NS(=O)(=O)C(C)(C)C. The predicted molar refractivity (Wildman–Crippen MR) is 199 cm³/mol. The Morgan fingerprint density at radius 2 is 1.58 bits per heavy atom. The standard InChI is InChI=1S/C36H42ClF3N8O6S/c1-7-22-18-35(22,28(51)48-55(52,53)32(2,3)4)46-27(50)33(5,6)19-41-26(49)21-8-14-25(15-9-21)42-29-43-30(45-31(44-29)54-20-36(38,39)40)47-34(16-17-34)23-10-12-24(37)13-11-23/h7-15,22H,1,16-20H2,2-6H3,(H,41,49)(H,46,50)(H,48,51)(H2,42,43,44,45,47)/t22-,35-/m1/s1. The van der Waals surface area contributed by atoms with Gasteiger partial charge in [0, 0.05) is 28.7 Å². The number of carbonyl (C=O) groups excluding carboxylic acids is 3. The molecule has 14 nitrogen and oxygen atoms in total. The van der Waals surface area contributed by atoms with Gasteiger partial charge in [-0.1, -0.05) is 29.8 Å². The largest absolute Gasteiger partial charge is 0.454 e. The first kappa shape index (κ1) is 41.2. The summed E-state index contributed by atoms with van der Waals surface area (Å²) in [5.74, 6) is -2.62. The molecular formula is C36H42ClF3N8O6S. The minimum atomic E-state index is -4.63. The highest BCUT2D eigenvalue weighted by Gasteiger charge is 2.61. The van der Waals surface area contributed by atoms with E-state index in [1.165, 1.54) is 51.1 Å². The number of benzene rings is 2. The predicted octanol–water partition coefficient (Wildman–Crippen LogP) is 5.37. The third-order valence-electron chi connectivity index (χ3n) is 9.26. The van der Waals surface area contributed by atoms with Gasteiger partial charge in [0.25, 0.3) is 11.8 Å². The summed E-state index contributed by atoms with van der Waals surface area (Å²) in [7, 11) is -4.05. The fraction of sp³-hybridized carbons (Fsp3) is 0.444. The normalized spacial score (nSPS) is 19.0. The van der Waals surface area contributed by atoms with Crippen molar-refractivity contribution in [2.45, 2.75) is 75.9 Å². The lowest BCUT2D eigenvalue weighted by molar-refractivity contribution is -0.154. The zero-order valence-corrected chi connectivity index (χ0v) is 32.3. The maximum Gasteiger partial charge on any atom is 0.422 e. The van der Waals surface area contributed by atoms with Gasteiger partial charge in [-0.2, -0.15) is 28.1 Å². The molecule has 1 heterocycles. The van der Waals surface area contributed by atoms with Crippen molar-refractivity contribution in [2.24, 2.45) is 11.3 Å². The molecule has 2 fully saturated rings. The van der Waals surface area contributed by atoms with Crippen LogP contribution in [0.4, 0.5) is 30.8 Å². The van der Waals surface area contributed by atoms with E-state index >= 15 is 0 Å². The number of amides is 3. The van der Waals surface area contributed by atoms with Crippen LogP contribution in [0.3, 0.4) is 0 Å². The lowest BCUT2D eigenvalue weighted by Crippen LogP contribution is -2.57. The van der Waals surface area contributed by atoms with E-state index in [0.717, 1.165) is 5.56 Å². The Morgan fingerprint density at radius 1 is 0.964 bits per heavy atom. The molecule has 5 N–H and O–H groups in total. The van der Waals surface area contributed by atoms with E-state index in [9.17, 15) is 36.0 Å². The van der Waals surface area contributed by atoms with Gasteiger partial charge in [0.15, 0.2) is 6.61 Å². The minimum absolute atomic E-state index is 0.0204. The summed E-state index contributed by atoms with van der Waals surface area (Å²) in [5.41, 5.74) is -1.79. The molecule has 0 saturated heterocycles. The Morgan fingerprint density at radius 3 is 2.13 bits per heavy atom. The highest BCUT2D eigenvalue weighted by molar-refractivity contribution is 7.91. The Hall–Kier alpha value is -4.97. The van der Waals surface area contributed by atoms with Crippen molar-refractivity contribution in [3.8, 4) is 6.01 Å². The fourth-order valence-electron chi connectivity index (χ4n) is 5.36. The summed E-state index contributed by atoms with van der Waals surface area (Å²) in [6.45, 7) is 9.36. The first-order valence-corrected chi connectivity index (χ1v) is 19.0. The highest BCUT2D eigenvalue weighted by atomic mass is 35.5. The average Bonchev–Trinajstić information content (AvgIpc) is 4.02. The second-order valence-electron chi connectivity index (χ2n) is 15.2. The number of carbonyl (C=O) groups is 3.